The molecule has 3 rings (SSSR count). The summed E-state index contributed by atoms with van der Waals surface area (Å²) in [6.45, 7) is 0.182. The summed E-state index contributed by atoms with van der Waals surface area (Å²) in [6.07, 6.45) is 1.51. The predicted molar refractivity (Wildman–Crippen MR) is 129 cm³/mol. The van der Waals surface area contributed by atoms with Crippen LogP contribution in [0.5, 0.6) is 11.5 Å². The van der Waals surface area contributed by atoms with Crippen molar-refractivity contribution in [3.63, 3.8) is 0 Å². The highest BCUT2D eigenvalue weighted by atomic mass is 79.9. The lowest BCUT2D eigenvalue weighted by atomic mass is 10.2. The lowest BCUT2D eigenvalue weighted by Gasteiger charge is -2.13. The van der Waals surface area contributed by atoms with E-state index in [1.807, 2.05) is 12.1 Å². The Kier molecular flexibility index (Phi) is 8.96. The third kappa shape index (κ3) is 7.25. The topological polar surface area (TPSA) is 59.9 Å². The summed E-state index contributed by atoms with van der Waals surface area (Å²) in [5, 5.41) is 4.65. The van der Waals surface area contributed by atoms with Gasteiger partial charge in [-0.1, -0.05) is 23.7 Å². The Morgan fingerprint density at radius 3 is 2.72 bits per heavy atom. The van der Waals surface area contributed by atoms with E-state index < -0.39 is 0 Å². The van der Waals surface area contributed by atoms with E-state index >= 15 is 0 Å². The first-order valence-corrected chi connectivity index (χ1v) is 11.6. The molecule has 0 fully saturated rings. The molecule has 0 spiro atoms. The van der Waals surface area contributed by atoms with Crippen molar-refractivity contribution in [2.24, 2.45) is 5.10 Å². The van der Waals surface area contributed by atoms with Crippen molar-refractivity contribution in [2.75, 3.05) is 12.9 Å². The minimum atomic E-state index is -0.322. The Morgan fingerprint density at radius 1 is 1.22 bits per heavy atom. The molecule has 9 heteroatoms. The van der Waals surface area contributed by atoms with Crippen LogP contribution in [0.3, 0.4) is 0 Å². The van der Waals surface area contributed by atoms with Crippen molar-refractivity contribution >= 4 is 51.4 Å². The van der Waals surface area contributed by atoms with Crippen LogP contribution in [0, 0.1) is 5.82 Å². The maximum atomic E-state index is 13.4. The third-order valence-corrected chi connectivity index (χ3v) is 5.96. The molecule has 1 amide bonds. The average Bonchev–Trinajstić information content (AvgIpc) is 2.77. The van der Waals surface area contributed by atoms with E-state index in [-0.39, 0.29) is 24.1 Å². The fourth-order valence-corrected chi connectivity index (χ4v) is 4.02. The maximum Gasteiger partial charge on any atom is 0.250 e. The fraction of sp³-hybridized carbons (Fsp3) is 0.130. The molecule has 0 aliphatic carbocycles. The molecule has 0 bridgehead atoms. The van der Waals surface area contributed by atoms with Crippen LogP contribution in [0.1, 0.15) is 11.1 Å². The predicted octanol–water partition coefficient (Wildman–Crippen LogP) is 6.07. The number of hydrogen-bond donors (Lipinski definition) is 1. The zero-order chi connectivity index (χ0) is 22.9. The summed E-state index contributed by atoms with van der Waals surface area (Å²) in [5.41, 5.74) is 3.89. The number of carbonyl (C=O) groups excluding carboxylic acids is 1. The molecule has 32 heavy (non-hydrogen) atoms. The van der Waals surface area contributed by atoms with E-state index in [2.05, 4.69) is 26.5 Å². The Bertz CT molecular complexity index is 1110. The number of ether oxygens (including phenoxy) is 2. The number of methoxy groups -OCH3 is 1. The molecule has 0 unspecified atom stereocenters. The van der Waals surface area contributed by atoms with Crippen molar-refractivity contribution in [2.45, 2.75) is 11.5 Å². The second kappa shape index (κ2) is 11.9. The third-order valence-electron chi connectivity index (χ3n) is 4.11. The molecule has 0 saturated carbocycles. The summed E-state index contributed by atoms with van der Waals surface area (Å²) in [5.74, 6) is 0.623. The number of halogens is 3. The Labute approximate surface area is 203 Å². The van der Waals surface area contributed by atoms with Gasteiger partial charge in [-0.3, -0.25) is 4.79 Å². The number of hydrogen-bond acceptors (Lipinski definition) is 5. The minimum Gasteiger partial charge on any atom is -0.493 e. The Balaban J connectivity index is 1.57. The number of thioether (sulfide) groups is 1. The first-order chi connectivity index (χ1) is 15.4. The quantitative estimate of drug-likeness (QED) is 0.204. The van der Waals surface area contributed by atoms with E-state index in [4.69, 9.17) is 21.1 Å². The van der Waals surface area contributed by atoms with Crippen LogP contribution in [-0.4, -0.2) is 25.0 Å². The van der Waals surface area contributed by atoms with Gasteiger partial charge in [0, 0.05) is 9.92 Å². The number of hydrazone groups is 1. The number of rotatable bonds is 9. The first kappa shape index (κ1) is 24.1. The number of benzene rings is 3. The molecule has 3 aromatic carbocycles. The highest BCUT2D eigenvalue weighted by molar-refractivity contribution is 9.10. The fourth-order valence-electron chi connectivity index (χ4n) is 2.63. The van der Waals surface area contributed by atoms with Crippen LogP contribution < -0.4 is 14.9 Å². The van der Waals surface area contributed by atoms with E-state index in [0.29, 0.717) is 32.1 Å². The van der Waals surface area contributed by atoms with Gasteiger partial charge in [0.2, 0.25) is 5.91 Å². The summed E-state index contributed by atoms with van der Waals surface area (Å²) >= 11 is 10.7. The van der Waals surface area contributed by atoms with Gasteiger partial charge in [-0.2, -0.15) is 5.10 Å². The van der Waals surface area contributed by atoms with Crippen molar-refractivity contribution in [3.05, 3.63) is 87.1 Å². The molecular weight excluding hydrogens is 519 g/mol. The van der Waals surface area contributed by atoms with Crippen LogP contribution in [0.2, 0.25) is 5.02 Å². The maximum absolute atomic E-state index is 13.4. The first-order valence-electron chi connectivity index (χ1n) is 9.39. The molecule has 0 aromatic heterocycles. The molecule has 0 aliphatic rings. The normalized spacial score (nSPS) is 10.9. The summed E-state index contributed by atoms with van der Waals surface area (Å²) in [7, 11) is 1.52. The van der Waals surface area contributed by atoms with Crippen LogP contribution in [0.4, 0.5) is 4.39 Å². The Hall–Kier alpha value is -2.55. The molecule has 3 aromatic rings. The molecule has 0 saturated heterocycles. The zero-order valence-corrected chi connectivity index (χ0v) is 20.1. The van der Waals surface area contributed by atoms with Crippen LogP contribution in [0.25, 0.3) is 0 Å². The minimum absolute atomic E-state index is 0.182. The molecule has 0 aliphatic heterocycles. The van der Waals surface area contributed by atoms with Gasteiger partial charge >= 0.3 is 0 Å². The SMILES string of the molecule is COc1cc(/C=N\NC(=O)CSc2ccc(Cl)cc2)cc(Br)c1OCc1cccc(F)c1. The number of amides is 1. The van der Waals surface area contributed by atoms with Gasteiger partial charge in [0.1, 0.15) is 12.4 Å². The summed E-state index contributed by atoms with van der Waals surface area (Å²) in [6, 6.07) is 17.0. The highest BCUT2D eigenvalue weighted by Gasteiger charge is 2.12. The standard InChI is InChI=1S/C23H19BrClFN2O3S/c1-30-21-11-16(10-20(24)23(21)31-13-15-3-2-4-18(26)9-15)12-27-28-22(29)14-32-19-7-5-17(25)6-8-19/h2-12H,13-14H2,1H3,(H,28,29)/b27-12-. The monoisotopic (exact) mass is 536 g/mol. The van der Waals surface area contributed by atoms with E-state index in [1.165, 1.54) is 37.2 Å². The summed E-state index contributed by atoms with van der Waals surface area (Å²) < 4.78 is 25.2. The number of carbonyl (C=O) groups is 1. The molecule has 1 N–H and O–H groups in total. The zero-order valence-electron chi connectivity index (χ0n) is 17.0. The van der Waals surface area contributed by atoms with Crippen LogP contribution in [-0.2, 0) is 11.4 Å². The van der Waals surface area contributed by atoms with Gasteiger partial charge in [0.15, 0.2) is 11.5 Å². The summed E-state index contributed by atoms with van der Waals surface area (Å²) in [4.78, 5) is 12.9. The lowest BCUT2D eigenvalue weighted by molar-refractivity contribution is -0.118. The van der Waals surface area contributed by atoms with Crippen LogP contribution in [0.15, 0.2) is 75.1 Å². The highest BCUT2D eigenvalue weighted by Crippen LogP contribution is 2.36. The van der Waals surface area contributed by atoms with Crippen LogP contribution >= 0.6 is 39.3 Å². The number of nitrogens with one attached hydrogen (secondary N) is 1. The number of nitrogens with zero attached hydrogens (tertiary/aromatic N) is 1. The van der Waals surface area contributed by atoms with Crippen molar-refractivity contribution in [3.8, 4) is 11.5 Å². The van der Waals surface area contributed by atoms with E-state index in [0.717, 1.165) is 4.90 Å². The molecule has 0 radical (unpaired) electrons. The van der Waals surface area contributed by atoms with Gasteiger partial charge in [-0.15, -0.1) is 11.8 Å². The molecular formula is C23H19BrClFN2O3S. The second-order valence-corrected chi connectivity index (χ2v) is 8.83. The van der Waals surface area contributed by atoms with E-state index in [1.54, 1.807) is 36.4 Å². The van der Waals surface area contributed by atoms with Gasteiger partial charge in [0.25, 0.3) is 0 Å². The largest absolute Gasteiger partial charge is 0.493 e. The van der Waals surface area contributed by atoms with Gasteiger partial charge in [-0.25, -0.2) is 9.82 Å². The molecule has 0 atom stereocenters. The van der Waals surface area contributed by atoms with Gasteiger partial charge < -0.3 is 9.47 Å². The lowest BCUT2D eigenvalue weighted by Crippen LogP contribution is -2.19. The van der Waals surface area contributed by atoms with Gasteiger partial charge in [-0.05, 0) is 75.6 Å². The smallest absolute Gasteiger partial charge is 0.250 e. The van der Waals surface area contributed by atoms with Crippen molar-refractivity contribution < 1.29 is 18.7 Å². The molecule has 166 valence electrons. The van der Waals surface area contributed by atoms with E-state index in [9.17, 15) is 9.18 Å². The molecule has 5 nitrogen and oxygen atoms in total. The van der Waals surface area contributed by atoms with Gasteiger partial charge in [0.05, 0.1) is 23.5 Å². The van der Waals surface area contributed by atoms with Crippen molar-refractivity contribution in [1.82, 2.24) is 5.43 Å². The average molecular weight is 538 g/mol. The molecule has 0 heterocycles. The van der Waals surface area contributed by atoms with Crippen molar-refractivity contribution in [1.29, 1.82) is 0 Å². The Morgan fingerprint density at radius 2 is 2.00 bits per heavy atom. The second-order valence-electron chi connectivity index (χ2n) is 6.49.